The molecule has 0 bridgehead atoms. The van der Waals surface area contributed by atoms with Gasteiger partial charge in [0.1, 0.15) is 0 Å². The first kappa shape index (κ1) is 15.3. The fraction of sp³-hybridized carbons (Fsp3) is 0.176. The predicted molar refractivity (Wildman–Crippen MR) is 83.4 cm³/mol. The highest BCUT2D eigenvalue weighted by Gasteiger charge is 2.20. The zero-order chi connectivity index (χ0) is 15.4. The van der Waals surface area contributed by atoms with Crippen LogP contribution in [0.15, 0.2) is 48.5 Å². The molecule has 0 spiro atoms. The summed E-state index contributed by atoms with van der Waals surface area (Å²) in [5.74, 6) is -1.01. The minimum atomic E-state index is -0.520. The quantitative estimate of drug-likeness (QED) is 0.640. The Morgan fingerprint density at radius 2 is 1.57 bits per heavy atom. The number of ketones is 1. The standard InChI is InChI=1S/C17H16ClNO2/c1-12-3-7-14(8-4-12)16(20)17(21)19(2)11-13-5-9-15(18)10-6-13/h3-10H,11H2,1-2H3. The van der Waals surface area contributed by atoms with Gasteiger partial charge in [-0.2, -0.15) is 0 Å². The van der Waals surface area contributed by atoms with E-state index in [9.17, 15) is 9.59 Å². The van der Waals surface area contributed by atoms with Crippen molar-refractivity contribution in [2.24, 2.45) is 0 Å². The summed E-state index contributed by atoms with van der Waals surface area (Å²) in [5.41, 5.74) is 2.38. The molecule has 0 saturated carbocycles. The molecule has 0 radical (unpaired) electrons. The zero-order valence-corrected chi connectivity index (χ0v) is 12.7. The van der Waals surface area contributed by atoms with Crippen LogP contribution in [0.5, 0.6) is 0 Å². The SMILES string of the molecule is Cc1ccc(C(=O)C(=O)N(C)Cc2ccc(Cl)cc2)cc1. The fourth-order valence-electron chi connectivity index (χ4n) is 1.94. The van der Waals surface area contributed by atoms with Crippen molar-refractivity contribution < 1.29 is 9.59 Å². The maximum Gasteiger partial charge on any atom is 0.294 e. The first-order valence-corrected chi connectivity index (χ1v) is 6.96. The van der Waals surface area contributed by atoms with Gasteiger partial charge < -0.3 is 4.90 Å². The van der Waals surface area contributed by atoms with Gasteiger partial charge >= 0.3 is 0 Å². The molecule has 0 unspecified atom stereocenters. The van der Waals surface area contributed by atoms with Crippen molar-refractivity contribution in [2.75, 3.05) is 7.05 Å². The van der Waals surface area contributed by atoms with Gasteiger partial charge in [-0.05, 0) is 24.6 Å². The Hall–Kier alpha value is -2.13. The molecule has 0 aliphatic carbocycles. The molecule has 0 aromatic heterocycles. The number of aryl methyl sites for hydroxylation is 1. The van der Waals surface area contributed by atoms with Crippen LogP contribution in [0.1, 0.15) is 21.5 Å². The molecule has 0 saturated heterocycles. The van der Waals surface area contributed by atoms with E-state index in [0.717, 1.165) is 11.1 Å². The van der Waals surface area contributed by atoms with E-state index in [-0.39, 0.29) is 0 Å². The monoisotopic (exact) mass is 301 g/mol. The van der Waals surface area contributed by atoms with Crippen molar-refractivity contribution in [1.29, 1.82) is 0 Å². The van der Waals surface area contributed by atoms with Gasteiger partial charge in [0, 0.05) is 24.2 Å². The molecule has 1 amide bonds. The van der Waals surface area contributed by atoms with Crippen LogP contribution < -0.4 is 0 Å². The largest absolute Gasteiger partial charge is 0.335 e. The lowest BCUT2D eigenvalue weighted by atomic mass is 10.1. The first-order chi connectivity index (χ1) is 9.97. The highest BCUT2D eigenvalue weighted by Crippen LogP contribution is 2.12. The van der Waals surface area contributed by atoms with Gasteiger partial charge in [0.25, 0.3) is 5.91 Å². The average molecular weight is 302 g/mol. The third-order valence-electron chi connectivity index (χ3n) is 3.19. The van der Waals surface area contributed by atoms with E-state index < -0.39 is 11.7 Å². The molecule has 21 heavy (non-hydrogen) atoms. The molecule has 0 aliphatic rings. The maximum atomic E-state index is 12.2. The van der Waals surface area contributed by atoms with Crippen LogP contribution in [0, 0.1) is 6.92 Å². The van der Waals surface area contributed by atoms with Gasteiger partial charge in [-0.15, -0.1) is 0 Å². The summed E-state index contributed by atoms with van der Waals surface area (Å²) in [5, 5.41) is 0.642. The molecule has 0 aliphatic heterocycles. The van der Waals surface area contributed by atoms with E-state index in [1.807, 2.05) is 31.2 Å². The van der Waals surface area contributed by atoms with Gasteiger partial charge in [-0.3, -0.25) is 9.59 Å². The second-order valence-corrected chi connectivity index (χ2v) is 5.42. The van der Waals surface area contributed by atoms with E-state index in [1.54, 1.807) is 31.3 Å². The van der Waals surface area contributed by atoms with E-state index in [0.29, 0.717) is 17.1 Å². The first-order valence-electron chi connectivity index (χ1n) is 6.58. The molecule has 2 aromatic rings. The van der Waals surface area contributed by atoms with Crippen LogP contribution in [0.2, 0.25) is 5.02 Å². The smallest absolute Gasteiger partial charge is 0.294 e. The Labute approximate surface area is 129 Å². The van der Waals surface area contributed by atoms with Crippen molar-refractivity contribution in [2.45, 2.75) is 13.5 Å². The Balaban J connectivity index is 2.06. The normalized spacial score (nSPS) is 10.2. The second kappa shape index (κ2) is 6.55. The highest BCUT2D eigenvalue weighted by molar-refractivity contribution is 6.42. The van der Waals surface area contributed by atoms with Crippen LogP contribution >= 0.6 is 11.6 Å². The third kappa shape index (κ3) is 3.92. The molecular weight excluding hydrogens is 286 g/mol. The van der Waals surface area contributed by atoms with Crippen molar-refractivity contribution in [3.8, 4) is 0 Å². The van der Waals surface area contributed by atoms with Gasteiger partial charge in [0.15, 0.2) is 0 Å². The molecule has 0 heterocycles. The summed E-state index contributed by atoms with van der Waals surface area (Å²) < 4.78 is 0. The summed E-state index contributed by atoms with van der Waals surface area (Å²) in [4.78, 5) is 25.7. The molecule has 0 atom stereocenters. The van der Waals surface area contributed by atoms with Crippen LogP contribution in [0.3, 0.4) is 0 Å². The molecule has 2 rings (SSSR count). The van der Waals surface area contributed by atoms with Gasteiger partial charge in [0.05, 0.1) is 0 Å². The minimum Gasteiger partial charge on any atom is -0.335 e. The third-order valence-corrected chi connectivity index (χ3v) is 3.44. The van der Waals surface area contributed by atoms with Gasteiger partial charge in [-0.1, -0.05) is 53.6 Å². The van der Waals surface area contributed by atoms with Crippen LogP contribution in [0.25, 0.3) is 0 Å². The second-order valence-electron chi connectivity index (χ2n) is 4.98. The number of halogens is 1. The number of carbonyl (C=O) groups is 2. The number of amides is 1. The van der Waals surface area contributed by atoms with Crippen molar-refractivity contribution in [1.82, 2.24) is 4.90 Å². The lowest BCUT2D eigenvalue weighted by Gasteiger charge is -2.16. The number of rotatable bonds is 4. The van der Waals surface area contributed by atoms with Gasteiger partial charge in [0.2, 0.25) is 5.78 Å². The maximum absolute atomic E-state index is 12.2. The summed E-state index contributed by atoms with van der Waals surface area (Å²) in [6.07, 6.45) is 0. The van der Waals surface area contributed by atoms with Crippen molar-refractivity contribution >= 4 is 23.3 Å². The average Bonchev–Trinajstić information content (AvgIpc) is 2.49. The Kier molecular flexibility index (Phi) is 4.76. The number of hydrogen-bond acceptors (Lipinski definition) is 2. The topological polar surface area (TPSA) is 37.4 Å². The summed E-state index contributed by atoms with van der Waals surface area (Å²) in [6.45, 7) is 2.30. The number of hydrogen-bond donors (Lipinski definition) is 0. The molecule has 2 aromatic carbocycles. The Bertz CT molecular complexity index is 647. The van der Waals surface area contributed by atoms with E-state index >= 15 is 0 Å². The number of carbonyl (C=O) groups excluding carboxylic acids is 2. The van der Waals surface area contributed by atoms with Crippen LogP contribution in [0.4, 0.5) is 0 Å². The molecular formula is C17H16ClNO2. The fourth-order valence-corrected chi connectivity index (χ4v) is 2.06. The molecule has 0 N–H and O–H groups in total. The minimum absolute atomic E-state index is 0.369. The van der Waals surface area contributed by atoms with E-state index in [1.165, 1.54) is 4.90 Å². The number of benzene rings is 2. The number of likely N-dealkylation sites (N-methyl/N-ethyl adjacent to an activating group) is 1. The van der Waals surface area contributed by atoms with Crippen molar-refractivity contribution in [3.05, 3.63) is 70.2 Å². The van der Waals surface area contributed by atoms with Crippen LogP contribution in [-0.4, -0.2) is 23.6 Å². The van der Waals surface area contributed by atoms with E-state index in [4.69, 9.17) is 11.6 Å². The highest BCUT2D eigenvalue weighted by atomic mass is 35.5. The molecule has 3 nitrogen and oxygen atoms in total. The molecule has 0 fully saturated rings. The summed E-state index contributed by atoms with van der Waals surface area (Å²) >= 11 is 5.82. The molecule has 4 heteroatoms. The Morgan fingerprint density at radius 1 is 1.00 bits per heavy atom. The molecule has 108 valence electrons. The lowest BCUT2D eigenvalue weighted by Crippen LogP contribution is -2.32. The predicted octanol–water partition coefficient (Wildman–Crippen LogP) is 3.49. The number of nitrogens with zero attached hydrogens (tertiary/aromatic N) is 1. The van der Waals surface area contributed by atoms with E-state index in [2.05, 4.69) is 0 Å². The van der Waals surface area contributed by atoms with Crippen molar-refractivity contribution in [3.63, 3.8) is 0 Å². The van der Waals surface area contributed by atoms with Gasteiger partial charge in [-0.25, -0.2) is 0 Å². The zero-order valence-electron chi connectivity index (χ0n) is 12.0. The summed E-state index contributed by atoms with van der Waals surface area (Å²) in [6, 6.07) is 14.2. The summed E-state index contributed by atoms with van der Waals surface area (Å²) in [7, 11) is 1.61. The Morgan fingerprint density at radius 3 is 2.14 bits per heavy atom. The number of Topliss-reactive ketones (excluding diaryl/α,β-unsaturated/α-hetero) is 1. The lowest BCUT2D eigenvalue weighted by molar-refractivity contribution is -0.125. The van der Waals surface area contributed by atoms with Crippen LogP contribution in [-0.2, 0) is 11.3 Å².